The summed E-state index contributed by atoms with van der Waals surface area (Å²) in [5, 5.41) is 35.8. The molecule has 8 rings (SSSR count). The second-order valence-corrected chi connectivity index (χ2v) is 23.3. The summed E-state index contributed by atoms with van der Waals surface area (Å²) in [6, 6.07) is 8.99. The largest absolute Gasteiger partial charge is 0.481 e. The summed E-state index contributed by atoms with van der Waals surface area (Å²) in [7, 11) is 1.76. The van der Waals surface area contributed by atoms with Crippen molar-refractivity contribution >= 4 is 5.97 Å². The number of hydrogen-bond acceptors (Lipinski definition) is 5. The topological polar surface area (TPSA) is 96.2 Å². The van der Waals surface area contributed by atoms with Gasteiger partial charge in [-0.15, -0.1) is 0 Å². The Hall–Kier alpha value is -1.47. The van der Waals surface area contributed by atoms with Gasteiger partial charge in [-0.3, -0.25) is 4.79 Å². The van der Waals surface area contributed by atoms with E-state index >= 15 is 0 Å². The Morgan fingerprint density at radius 1 is 0.797 bits per heavy atom. The number of carbonyl (C=O) groups is 1. The van der Waals surface area contributed by atoms with Crippen molar-refractivity contribution in [3.05, 3.63) is 35.4 Å². The second kappa shape index (κ2) is 16.3. The van der Waals surface area contributed by atoms with Crippen LogP contribution in [0.3, 0.4) is 0 Å². The highest BCUT2D eigenvalue weighted by molar-refractivity contribution is 5.74. The summed E-state index contributed by atoms with van der Waals surface area (Å²) < 4.78 is 12.5. The van der Waals surface area contributed by atoms with Gasteiger partial charge < -0.3 is 24.8 Å². The van der Waals surface area contributed by atoms with Gasteiger partial charge in [0.05, 0.1) is 18.1 Å². The zero-order valence-corrected chi connectivity index (χ0v) is 38.4. The molecular weight excluding hydrogens is 733 g/mol. The summed E-state index contributed by atoms with van der Waals surface area (Å²) in [4.78, 5) is 13.1. The number of methoxy groups -OCH3 is 1. The highest BCUT2D eigenvalue weighted by Crippen LogP contribution is 2.84. The lowest BCUT2D eigenvalue weighted by molar-refractivity contribution is -0.314. The molecule has 3 N–H and O–H groups in total. The van der Waals surface area contributed by atoms with Gasteiger partial charge in [-0.1, -0.05) is 116 Å². The Kier molecular flexibility index (Phi) is 12.2. The van der Waals surface area contributed by atoms with Crippen molar-refractivity contribution < 1.29 is 29.6 Å². The normalized spacial score (nSPS) is 45.6. The third-order valence-electron chi connectivity index (χ3n) is 21.1. The molecule has 59 heavy (non-hydrogen) atoms. The average Bonchev–Trinajstić information content (AvgIpc) is 3.37. The number of aliphatic hydroxyl groups is 2. The van der Waals surface area contributed by atoms with Crippen LogP contribution in [0.2, 0.25) is 0 Å². The number of hydrogen-bond donors (Lipinski definition) is 3. The highest BCUT2D eigenvalue weighted by atomic mass is 16.6. The molecule has 1 aliphatic heterocycles. The summed E-state index contributed by atoms with van der Waals surface area (Å²) in [6.07, 6.45) is 27.7. The minimum atomic E-state index is -1.16. The highest BCUT2D eigenvalue weighted by Gasteiger charge is 2.82. The summed E-state index contributed by atoms with van der Waals surface area (Å²) in [5.74, 6) is -0.00297. The van der Waals surface area contributed by atoms with E-state index in [1.807, 2.05) is 0 Å². The number of rotatable bonds is 15. The van der Waals surface area contributed by atoms with Crippen molar-refractivity contribution in [3.8, 4) is 0 Å². The first-order valence-corrected chi connectivity index (χ1v) is 25.0. The summed E-state index contributed by atoms with van der Waals surface area (Å²) >= 11 is 0. The Bertz CT molecular complexity index is 1640. The van der Waals surface area contributed by atoms with Crippen molar-refractivity contribution in [1.82, 2.24) is 0 Å². The van der Waals surface area contributed by atoms with Crippen LogP contribution < -0.4 is 0 Å². The fourth-order valence-corrected chi connectivity index (χ4v) is 17.8. The molecule has 2 bridgehead atoms. The molecule has 6 nitrogen and oxygen atoms in total. The summed E-state index contributed by atoms with van der Waals surface area (Å²) in [6.45, 7) is 13.0. The third-order valence-corrected chi connectivity index (χ3v) is 21.1. The molecule has 1 aromatic carbocycles. The molecular formula is C53H84O6. The van der Waals surface area contributed by atoms with Crippen molar-refractivity contribution in [2.24, 2.45) is 61.6 Å². The van der Waals surface area contributed by atoms with Gasteiger partial charge in [0.1, 0.15) is 0 Å². The third kappa shape index (κ3) is 6.69. The number of aliphatic hydroxyl groups excluding tert-OH is 1. The average molecular weight is 817 g/mol. The monoisotopic (exact) mass is 817 g/mol. The lowest BCUT2D eigenvalue weighted by atomic mass is 9.26. The molecule has 0 aromatic heterocycles. The number of carboxylic acids is 1. The fourth-order valence-electron chi connectivity index (χ4n) is 17.8. The van der Waals surface area contributed by atoms with Crippen molar-refractivity contribution in [3.63, 3.8) is 0 Å². The van der Waals surface area contributed by atoms with E-state index in [0.717, 1.165) is 83.0 Å². The van der Waals surface area contributed by atoms with E-state index in [0.29, 0.717) is 24.9 Å². The van der Waals surface area contributed by atoms with Crippen molar-refractivity contribution in [2.45, 2.75) is 207 Å². The molecule has 1 aromatic rings. The van der Waals surface area contributed by atoms with E-state index in [1.165, 1.54) is 88.2 Å². The first kappa shape index (κ1) is 44.1. The van der Waals surface area contributed by atoms with Gasteiger partial charge in [-0.25, -0.2) is 0 Å². The molecule has 1 unspecified atom stereocenters. The molecule has 1 heterocycles. The van der Waals surface area contributed by atoms with Gasteiger partial charge >= 0.3 is 5.97 Å². The maximum atomic E-state index is 13.1. The van der Waals surface area contributed by atoms with Crippen LogP contribution in [0.25, 0.3) is 0 Å². The quantitative estimate of drug-likeness (QED) is 0.153. The van der Waals surface area contributed by atoms with E-state index < -0.39 is 17.2 Å². The molecule has 0 radical (unpaired) electrons. The van der Waals surface area contributed by atoms with Crippen LogP contribution in [0, 0.1) is 61.6 Å². The van der Waals surface area contributed by atoms with Gasteiger partial charge in [0.25, 0.3) is 0 Å². The number of ether oxygens (including phenoxy) is 2. The lowest BCUT2D eigenvalue weighted by Gasteiger charge is -2.78. The van der Waals surface area contributed by atoms with Gasteiger partial charge in [-0.2, -0.15) is 0 Å². The Morgan fingerprint density at radius 2 is 1.51 bits per heavy atom. The predicted octanol–water partition coefficient (Wildman–Crippen LogP) is 12.1. The van der Waals surface area contributed by atoms with E-state index in [1.54, 1.807) is 7.11 Å². The molecule has 332 valence electrons. The Morgan fingerprint density at radius 3 is 2.20 bits per heavy atom. The maximum absolute atomic E-state index is 13.1. The molecule has 6 aliphatic carbocycles. The standard InChI is InChI=1S/C53H84O6/c1-7-14-42-52-25-22-41-48(4)29-28-46(2)26-27-47(3,45(55)56)36-43(46)50(48,24-13-9-12-17-38-15-10-8-11-16-38)31-30-49(41,5)51(52,37-54)32-33-53(42,57)59-44(52)35-40-20-18-39(19-21-40)23-34-58-6/h18-21,38,41-44,54,57H,7-17,22-37H2,1-6H3,(H,55,56)/t41-,42-,43?,44-,46-,47+,48-,49+,50-,51+,52+,53-/m0/s1. The van der Waals surface area contributed by atoms with Crippen LogP contribution in [0.1, 0.15) is 193 Å². The van der Waals surface area contributed by atoms with E-state index in [4.69, 9.17) is 9.47 Å². The second-order valence-electron chi connectivity index (χ2n) is 23.3. The van der Waals surface area contributed by atoms with E-state index in [-0.39, 0.29) is 51.1 Å². The molecule has 6 heteroatoms. The molecule has 7 aliphatic rings. The molecule has 12 atom stereocenters. The van der Waals surface area contributed by atoms with Crippen LogP contribution in [-0.2, 0) is 27.1 Å². The number of fused-ring (bicyclic) bond motifs is 7. The van der Waals surface area contributed by atoms with Crippen molar-refractivity contribution in [2.75, 3.05) is 20.3 Å². The maximum Gasteiger partial charge on any atom is 0.309 e. The number of aliphatic carboxylic acids is 1. The number of unbranched alkanes of at least 4 members (excludes halogenated alkanes) is 2. The lowest BCUT2D eigenvalue weighted by Crippen LogP contribution is -2.74. The van der Waals surface area contributed by atoms with Crippen LogP contribution >= 0.6 is 0 Å². The first-order chi connectivity index (χ1) is 28.1. The van der Waals surface area contributed by atoms with Crippen molar-refractivity contribution in [1.29, 1.82) is 0 Å². The van der Waals surface area contributed by atoms with E-state index in [9.17, 15) is 20.1 Å². The molecule has 6 saturated carbocycles. The number of benzene rings is 1. The molecule has 7 fully saturated rings. The van der Waals surface area contributed by atoms with Gasteiger partial charge in [-0.05, 0) is 147 Å². The zero-order chi connectivity index (χ0) is 42.0. The minimum absolute atomic E-state index is 0.00225. The molecule has 1 spiro atoms. The van der Waals surface area contributed by atoms with Crippen LogP contribution in [0.4, 0.5) is 0 Å². The zero-order valence-electron chi connectivity index (χ0n) is 38.4. The van der Waals surface area contributed by atoms with Gasteiger partial charge in [0.2, 0.25) is 0 Å². The predicted molar refractivity (Wildman–Crippen MR) is 236 cm³/mol. The van der Waals surface area contributed by atoms with Gasteiger partial charge in [0.15, 0.2) is 5.79 Å². The summed E-state index contributed by atoms with van der Waals surface area (Å²) in [5.41, 5.74) is 1.34. The number of carboxylic acid groups (broad SMARTS) is 1. The molecule has 1 saturated heterocycles. The van der Waals surface area contributed by atoms with Crippen LogP contribution in [0.5, 0.6) is 0 Å². The smallest absolute Gasteiger partial charge is 0.309 e. The van der Waals surface area contributed by atoms with Crippen LogP contribution in [0.15, 0.2) is 24.3 Å². The Balaban J connectivity index is 1.16. The van der Waals surface area contributed by atoms with E-state index in [2.05, 4.69) is 58.9 Å². The van der Waals surface area contributed by atoms with Gasteiger partial charge in [0, 0.05) is 36.9 Å². The Labute approximate surface area is 358 Å². The first-order valence-electron chi connectivity index (χ1n) is 25.0. The SMILES string of the molecule is CCC[C@H]1[C@@]23CC[C@H]4[C@]5(C)CC[C@]6(C)CC[C@@](C)(C(=O)O)CC6[C@]5(CCCCCC5CCCCC5)CC[C@@]4(C)[C@]2(CO)CC[C@]1(O)O[C@H]3Cc1ccc(CCOC)cc1. The minimum Gasteiger partial charge on any atom is -0.481 e. The molecule has 0 amide bonds. The van der Waals surface area contributed by atoms with Crippen LogP contribution in [-0.4, -0.2) is 53.5 Å². The fraction of sp³-hybridized carbons (Fsp3) is 0.868.